The van der Waals surface area contributed by atoms with E-state index in [-0.39, 0.29) is 29.9 Å². The molecule has 0 saturated carbocycles. The van der Waals surface area contributed by atoms with Crippen molar-refractivity contribution in [2.75, 3.05) is 46.0 Å². The molecule has 0 bridgehead atoms. The van der Waals surface area contributed by atoms with Crippen molar-refractivity contribution >= 4 is 10.9 Å². The Morgan fingerprint density at radius 2 is 1.97 bits per heavy atom. The van der Waals surface area contributed by atoms with E-state index in [9.17, 15) is 14.3 Å². The fourth-order valence-corrected chi connectivity index (χ4v) is 5.14. The van der Waals surface area contributed by atoms with E-state index in [0.717, 1.165) is 11.1 Å². The number of aliphatic hydroxyl groups excluding tert-OH is 1. The number of hydrogen-bond acceptors (Lipinski definition) is 9. The molecule has 35 heavy (non-hydrogen) atoms. The van der Waals surface area contributed by atoms with Gasteiger partial charge in [0.25, 0.3) is 11.4 Å². The van der Waals surface area contributed by atoms with E-state index in [1.807, 2.05) is 6.07 Å². The van der Waals surface area contributed by atoms with Gasteiger partial charge in [0.1, 0.15) is 19.8 Å². The Labute approximate surface area is 200 Å². The molecule has 10 nitrogen and oxygen atoms in total. The number of hydrogen-bond donors (Lipinski definition) is 2. The van der Waals surface area contributed by atoms with Gasteiger partial charge in [0, 0.05) is 56.2 Å². The number of pyridine rings is 1. The highest BCUT2D eigenvalue weighted by Gasteiger charge is 2.34. The number of likely N-dealkylation sites (tertiary alicyclic amines) is 1. The Morgan fingerprint density at radius 1 is 1.11 bits per heavy atom. The average molecular weight is 484 g/mol. The molecule has 1 aromatic carbocycles. The topological polar surface area (TPSA) is 111 Å². The van der Waals surface area contributed by atoms with E-state index < -0.39 is 11.9 Å². The van der Waals surface area contributed by atoms with Crippen molar-refractivity contribution < 1.29 is 23.7 Å². The van der Waals surface area contributed by atoms with Gasteiger partial charge in [0.05, 0.1) is 23.4 Å². The lowest BCUT2D eigenvalue weighted by molar-refractivity contribution is 0.134. The second kappa shape index (κ2) is 9.06. The molecule has 0 radical (unpaired) electrons. The fourth-order valence-electron chi connectivity index (χ4n) is 5.14. The van der Waals surface area contributed by atoms with Crippen LogP contribution in [-0.2, 0) is 6.54 Å². The van der Waals surface area contributed by atoms with Crippen molar-refractivity contribution in [3.63, 3.8) is 0 Å². The summed E-state index contributed by atoms with van der Waals surface area (Å²) in [6, 6.07) is 7.76. The van der Waals surface area contributed by atoms with Gasteiger partial charge in [-0.25, -0.2) is 4.39 Å². The van der Waals surface area contributed by atoms with Gasteiger partial charge in [-0.2, -0.15) is 5.10 Å². The lowest BCUT2D eigenvalue weighted by Crippen LogP contribution is -2.39. The summed E-state index contributed by atoms with van der Waals surface area (Å²) in [6.45, 7) is 3.92. The highest BCUT2D eigenvalue weighted by atomic mass is 19.1. The highest BCUT2D eigenvalue weighted by Crippen LogP contribution is 2.34. The highest BCUT2D eigenvalue weighted by molar-refractivity contribution is 5.85. The molecule has 5 heterocycles. The molecule has 2 aromatic heterocycles. The summed E-state index contributed by atoms with van der Waals surface area (Å²) < 4.78 is 32.6. The molecule has 1 saturated heterocycles. The summed E-state index contributed by atoms with van der Waals surface area (Å²) in [5.74, 6) is 0.676. The summed E-state index contributed by atoms with van der Waals surface area (Å²) in [5, 5.41) is 23.0. The number of benzene rings is 1. The number of fused-ring (bicyclic) bond motifs is 1. The fraction of sp³-hybridized carbons (Fsp3) is 0.458. The Kier molecular flexibility index (Phi) is 5.75. The van der Waals surface area contributed by atoms with Gasteiger partial charge in [-0.15, -0.1) is 5.10 Å². The molecule has 11 heteroatoms. The van der Waals surface area contributed by atoms with Gasteiger partial charge < -0.3 is 24.6 Å². The van der Waals surface area contributed by atoms with Crippen molar-refractivity contribution in [1.82, 2.24) is 25.0 Å². The maximum absolute atomic E-state index is 14.3. The van der Waals surface area contributed by atoms with Crippen LogP contribution in [0, 0.1) is 11.7 Å². The zero-order valence-electron chi connectivity index (χ0n) is 19.0. The third kappa shape index (κ3) is 4.19. The Morgan fingerprint density at radius 3 is 2.89 bits per heavy atom. The normalized spacial score (nSPS) is 23.4. The predicted octanol–water partition coefficient (Wildman–Crippen LogP) is 0.718. The summed E-state index contributed by atoms with van der Waals surface area (Å²) in [7, 11) is 0. The number of halogens is 1. The van der Waals surface area contributed by atoms with E-state index in [4.69, 9.17) is 14.2 Å². The molecule has 1 fully saturated rings. The number of aromatic nitrogens is 3. The van der Waals surface area contributed by atoms with Crippen molar-refractivity contribution in [2.24, 2.45) is 5.92 Å². The van der Waals surface area contributed by atoms with E-state index in [1.54, 1.807) is 16.7 Å². The third-order valence-corrected chi connectivity index (χ3v) is 6.80. The predicted molar refractivity (Wildman–Crippen MR) is 123 cm³/mol. The van der Waals surface area contributed by atoms with Gasteiger partial charge in [0.2, 0.25) is 0 Å². The number of nitrogens with one attached hydrogen (secondary N) is 1. The molecule has 3 aromatic rings. The molecule has 0 aliphatic carbocycles. The third-order valence-electron chi connectivity index (χ3n) is 6.80. The van der Waals surface area contributed by atoms with Crippen LogP contribution in [0.25, 0.3) is 10.9 Å². The van der Waals surface area contributed by atoms with E-state index in [1.165, 1.54) is 12.1 Å². The first-order valence-electron chi connectivity index (χ1n) is 11.8. The Hall–Kier alpha value is -3.28. The van der Waals surface area contributed by atoms with E-state index in [0.29, 0.717) is 63.1 Å². The maximum Gasteiger partial charge on any atom is 0.276 e. The largest absolute Gasteiger partial charge is 0.486 e. The van der Waals surface area contributed by atoms with Crippen molar-refractivity contribution in [2.45, 2.75) is 18.7 Å². The zero-order chi connectivity index (χ0) is 23.9. The Balaban J connectivity index is 1.09. The van der Waals surface area contributed by atoms with Gasteiger partial charge >= 0.3 is 0 Å². The van der Waals surface area contributed by atoms with Crippen LogP contribution in [0.5, 0.6) is 17.4 Å². The number of aliphatic hydroxyl groups is 1. The quantitative estimate of drug-likeness (QED) is 0.524. The average Bonchev–Trinajstić information content (AvgIpc) is 3.21. The van der Waals surface area contributed by atoms with Crippen LogP contribution in [0.15, 0.2) is 35.1 Å². The molecule has 0 amide bonds. The molecular formula is C24H26FN5O5. The maximum atomic E-state index is 14.3. The first-order valence-corrected chi connectivity index (χ1v) is 11.8. The molecule has 184 valence electrons. The molecular weight excluding hydrogens is 457 g/mol. The smallest absolute Gasteiger partial charge is 0.276 e. The number of β-amino-alcohol motifs (C(OH)–C–C–N with tert-alkyl or cyclic N) is 1. The second-order valence-corrected chi connectivity index (χ2v) is 9.20. The summed E-state index contributed by atoms with van der Waals surface area (Å²) in [5.41, 5.74) is 1.04. The second-order valence-electron chi connectivity index (χ2n) is 9.20. The van der Waals surface area contributed by atoms with Crippen LogP contribution in [0.4, 0.5) is 4.39 Å². The van der Waals surface area contributed by atoms with E-state index >= 15 is 0 Å². The van der Waals surface area contributed by atoms with Crippen LogP contribution < -0.4 is 25.1 Å². The zero-order valence-corrected chi connectivity index (χ0v) is 19.0. The van der Waals surface area contributed by atoms with Gasteiger partial charge in [-0.1, -0.05) is 0 Å². The summed E-state index contributed by atoms with van der Waals surface area (Å²) in [6.07, 6.45) is -0.504. The lowest BCUT2D eigenvalue weighted by atomic mass is 10.1. The number of ether oxygens (including phenoxy) is 3. The van der Waals surface area contributed by atoms with Crippen LogP contribution in [0.1, 0.15) is 11.7 Å². The first-order chi connectivity index (χ1) is 17.1. The first kappa shape index (κ1) is 22.2. The van der Waals surface area contributed by atoms with Crippen molar-refractivity contribution in [1.29, 1.82) is 0 Å². The van der Waals surface area contributed by atoms with Crippen LogP contribution >= 0.6 is 0 Å². The molecule has 0 unspecified atom stereocenters. The molecule has 3 aliphatic rings. The molecule has 2 N–H and O–H groups in total. The van der Waals surface area contributed by atoms with E-state index in [2.05, 4.69) is 20.4 Å². The van der Waals surface area contributed by atoms with Crippen LogP contribution in [0.2, 0.25) is 0 Å². The molecule has 0 spiro atoms. The molecule has 6 rings (SSSR count). The SMILES string of the molecule is O=c1ccc2ccc(F)c3c2n1[C@H](CN1C[C@H](CNCc2cc4c(nn2)OCCO4)[C@H](O)C1)CO3. The summed E-state index contributed by atoms with van der Waals surface area (Å²) >= 11 is 0. The lowest BCUT2D eigenvalue weighted by Gasteiger charge is -2.31. The van der Waals surface area contributed by atoms with Crippen molar-refractivity contribution in [3.05, 3.63) is 52.2 Å². The minimum absolute atomic E-state index is 0.0157. The summed E-state index contributed by atoms with van der Waals surface area (Å²) in [4.78, 5) is 14.8. The molecule has 3 aliphatic heterocycles. The van der Waals surface area contributed by atoms with Crippen molar-refractivity contribution in [3.8, 4) is 17.4 Å². The monoisotopic (exact) mass is 483 g/mol. The molecule has 3 atom stereocenters. The number of nitrogens with zero attached hydrogens (tertiary/aromatic N) is 4. The van der Waals surface area contributed by atoms with Gasteiger partial charge in [-0.05, 0) is 18.2 Å². The number of rotatable bonds is 6. The van der Waals surface area contributed by atoms with Gasteiger partial charge in [0.15, 0.2) is 17.3 Å². The minimum atomic E-state index is -0.504. The van der Waals surface area contributed by atoms with Gasteiger partial charge in [-0.3, -0.25) is 14.3 Å². The Bertz CT molecular complexity index is 1320. The standard InChI is InChI=1S/C24H26FN5O5/c25-18-3-1-14-2-4-21(32)30-17(13-35-23(18)22(14)30)11-29-10-15(19(31)12-29)8-26-9-16-7-20-24(28-27-16)34-6-5-33-20/h1-4,7,15,17,19,26,31H,5-6,8-13H2/t15-,17+,19+/m0/s1. The minimum Gasteiger partial charge on any atom is -0.486 e. The van der Waals surface area contributed by atoms with Crippen LogP contribution in [-0.4, -0.2) is 76.9 Å². The van der Waals surface area contributed by atoms with Crippen LogP contribution in [0.3, 0.4) is 0 Å².